The Balaban J connectivity index is 1.58. The van der Waals surface area contributed by atoms with Crippen molar-refractivity contribution in [2.24, 2.45) is 0 Å². The molecule has 1 aromatic carbocycles. The lowest BCUT2D eigenvalue weighted by Gasteiger charge is -2.28. The Morgan fingerprint density at radius 2 is 1.89 bits per heavy atom. The fourth-order valence-corrected chi connectivity index (χ4v) is 4.10. The van der Waals surface area contributed by atoms with Crippen molar-refractivity contribution in [1.82, 2.24) is 4.98 Å². The van der Waals surface area contributed by atoms with Gasteiger partial charge in [-0.1, -0.05) is 12.1 Å². The normalized spacial score (nSPS) is 16.1. The number of benzene rings is 1. The van der Waals surface area contributed by atoms with Gasteiger partial charge < -0.3 is 14.3 Å². The van der Waals surface area contributed by atoms with E-state index in [1.807, 2.05) is 18.2 Å². The molecule has 0 saturated carbocycles. The molecule has 0 atom stereocenters. The topological polar surface area (TPSA) is 66.3 Å². The van der Waals surface area contributed by atoms with Gasteiger partial charge in [0, 0.05) is 24.9 Å². The number of piperidine rings is 1. The molecule has 2 aromatic heterocycles. The number of hydrogen-bond acceptors (Lipinski definition) is 5. The highest BCUT2D eigenvalue weighted by Crippen LogP contribution is 2.20. The van der Waals surface area contributed by atoms with Crippen LogP contribution < -0.4 is 19.7 Å². The summed E-state index contributed by atoms with van der Waals surface area (Å²) in [6, 6.07) is 11.5. The Morgan fingerprint density at radius 1 is 1.11 bits per heavy atom. The number of hydrogen-bond donors (Lipinski definition) is 1. The fraction of sp³-hybridized carbons (Fsp3) is 0.238. The van der Waals surface area contributed by atoms with Crippen LogP contribution >= 0.6 is 11.3 Å². The molecule has 0 amide bonds. The lowest BCUT2D eigenvalue weighted by atomic mass is 10.1. The zero-order valence-corrected chi connectivity index (χ0v) is 15.6. The molecule has 3 aromatic rings. The summed E-state index contributed by atoms with van der Waals surface area (Å²) in [5.74, 6) is -0.0157. The number of carbonyl (C=O) groups is 1. The highest BCUT2D eigenvalue weighted by Gasteiger charge is 2.10. The highest BCUT2D eigenvalue weighted by atomic mass is 32.1. The number of carbonyl (C=O) groups excluding carboxylic acids is 1. The summed E-state index contributed by atoms with van der Waals surface area (Å²) >= 11 is 1.26. The lowest BCUT2D eigenvalue weighted by Crippen LogP contribution is -2.29. The van der Waals surface area contributed by atoms with E-state index in [0.717, 1.165) is 18.7 Å². The van der Waals surface area contributed by atoms with Crippen LogP contribution in [0.1, 0.15) is 35.4 Å². The molecular weight excluding hydrogens is 360 g/mol. The first-order valence-electron chi connectivity index (χ1n) is 9.04. The van der Waals surface area contributed by atoms with E-state index in [-0.39, 0.29) is 17.1 Å². The van der Waals surface area contributed by atoms with Crippen molar-refractivity contribution in [3.63, 3.8) is 0 Å². The maximum Gasteiger partial charge on any atom is 0.266 e. The Morgan fingerprint density at radius 3 is 2.59 bits per heavy atom. The molecule has 1 saturated heterocycles. The minimum atomic E-state index is -0.269. The van der Waals surface area contributed by atoms with Crippen molar-refractivity contribution in [3.8, 4) is 0 Å². The molecule has 4 rings (SSSR count). The third-order valence-corrected chi connectivity index (χ3v) is 5.58. The van der Waals surface area contributed by atoms with Gasteiger partial charge in [-0.15, -0.1) is 11.3 Å². The van der Waals surface area contributed by atoms with E-state index >= 15 is 0 Å². The summed E-state index contributed by atoms with van der Waals surface area (Å²) in [5, 5.41) is 0. The Kier molecular flexibility index (Phi) is 5.07. The molecule has 0 radical (unpaired) electrons. The summed E-state index contributed by atoms with van der Waals surface area (Å²) in [7, 11) is 0. The van der Waals surface area contributed by atoms with Gasteiger partial charge in [0.1, 0.15) is 0 Å². The zero-order chi connectivity index (χ0) is 18.6. The minimum absolute atomic E-state index is 0.196. The predicted molar refractivity (Wildman–Crippen MR) is 108 cm³/mol. The largest absolute Gasteiger partial charge is 0.461 e. The number of aromatic nitrogens is 1. The average molecular weight is 380 g/mol. The van der Waals surface area contributed by atoms with E-state index in [1.165, 1.54) is 48.6 Å². The van der Waals surface area contributed by atoms with Crippen molar-refractivity contribution in [1.29, 1.82) is 0 Å². The van der Waals surface area contributed by atoms with E-state index in [9.17, 15) is 9.59 Å². The van der Waals surface area contributed by atoms with E-state index < -0.39 is 0 Å². The number of furan rings is 1. The van der Waals surface area contributed by atoms with Crippen molar-refractivity contribution >= 4 is 35.0 Å². The van der Waals surface area contributed by atoms with Crippen LogP contribution in [0.2, 0.25) is 0 Å². The van der Waals surface area contributed by atoms with Gasteiger partial charge in [-0.05, 0) is 55.2 Å². The molecule has 1 aliphatic rings. The summed E-state index contributed by atoms with van der Waals surface area (Å²) < 4.78 is 6.16. The molecule has 3 heterocycles. The number of rotatable bonds is 4. The molecule has 0 aliphatic carbocycles. The number of aromatic amines is 1. The first kappa shape index (κ1) is 17.5. The van der Waals surface area contributed by atoms with E-state index in [1.54, 1.807) is 12.1 Å². The lowest BCUT2D eigenvalue weighted by molar-refractivity contribution is 0.103. The molecule has 27 heavy (non-hydrogen) atoms. The molecular formula is C21H20N2O3S. The van der Waals surface area contributed by atoms with Crippen molar-refractivity contribution in [2.45, 2.75) is 19.3 Å². The second-order valence-electron chi connectivity index (χ2n) is 6.55. The molecule has 1 aliphatic heterocycles. The Hall–Kier alpha value is -2.86. The van der Waals surface area contributed by atoms with Gasteiger partial charge in [0.25, 0.3) is 5.56 Å². The number of thiazole rings is 1. The molecule has 138 valence electrons. The maximum atomic E-state index is 12.2. The van der Waals surface area contributed by atoms with Gasteiger partial charge in [0.15, 0.2) is 5.76 Å². The van der Waals surface area contributed by atoms with Gasteiger partial charge in [-0.3, -0.25) is 9.59 Å². The van der Waals surface area contributed by atoms with Gasteiger partial charge >= 0.3 is 0 Å². The smallest absolute Gasteiger partial charge is 0.266 e. The molecule has 0 unspecified atom stereocenters. The zero-order valence-electron chi connectivity index (χ0n) is 14.8. The van der Waals surface area contributed by atoms with E-state index in [0.29, 0.717) is 9.20 Å². The van der Waals surface area contributed by atoms with Crippen molar-refractivity contribution in [3.05, 3.63) is 73.5 Å². The average Bonchev–Trinajstić information content (AvgIpc) is 3.34. The second kappa shape index (κ2) is 7.80. The van der Waals surface area contributed by atoms with Crippen LogP contribution in [0.25, 0.3) is 12.2 Å². The SMILES string of the molecule is O=C(/C=c1\[nH]c(=O)/c(=C\c2ccc(N3CCCCC3)cc2)s1)c1ccco1. The van der Waals surface area contributed by atoms with Crippen LogP contribution in [0.4, 0.5) is 5.69 Å². The van der Waals surface area contributed by atoms with Crippen LogP contribution in [0, 0.1) is 0 Å². The molecule has 0 bridgehead atoms. The molecule has 5 nitrogen and oxygen atoms in total. The highest BCUT2D eigenvalue weighted by molar-refractivity contribution is 7.07. The number of anilines is 1. The second-order valence-corrected chi connectivity index (χ2v) is 7.64. The minimum Gasteiger partial charge on any atom is -0.461 e. The van der Waals surface area contributed by atoms with Crippen LogP contribution in [-0.4, -0.2) is 23.9 Å². The van der Waals surface area contributed by atoms with Gasteiger partial charge in [0.2, 0.25) is 5.78 Å². The van der Waals surface area contributed by atoms with E-state index in [2.05, 4.69) is 22.0 Å². The molecule has 0 spiro atoms. The molecule has 6 heteroatoms. The van der Waals surface area contributed by atoms with Crippen molar-refractivity contribution in [2.75, 3.05) is 18.0 Å². The summed E-state index contributed by atoms with van der Waals surface area (Å²) in [6.07, 6.45) is 8.49. The number of H-pyrrole nitrogens is 1. The molecule has 1 fully saturated rings. The first-order chi connectivity index (χ1) is 13.2. The third-order valence-electron chi connectivity index (χ3n) is 4.62. The monoisotopic (exact) mass is 380 g/mol. The number of nitrogens with one attached hydrogen (secondary N) is 1. The summed E-state index contributed by atoms with van der Waals surface area (Å²) in [6.45, 7) is 2.22. The Labute approximate surface area is 160 Å². The van der Waals surface area contributed by atoms with Gasteiger partial charge in [-0.2, -0.15) is 0 Å². The molecule has 1 N–H and O–H groups in total. The van der Waals surface area contributed by atoms with Crippen molar-refractivity contribution < 1.29 is 9.21 Å². The van der Waals surface area contributed by atoms with Gasteiger partial charge in [-0.25, -0.2) is 0 Å². The fourth-order valence-electron chi connectivity index (χ4n) is 3.22. The maximum absolute atomic E-state index is 12.2. The van der Waals surface area contributed by atoms with Crippen LogP contribution in [0.15, 0.2) is 51.9 Å². The van der Waals surface area contributed by atoms with Crippen LogP contribution in [-0.2, 0) is 0 Å². The summed E-state index contributed by atoms with van der Waals surface area (Å²) in [4.78, 5) is 29.4. The first-order valence-corrected chi connectivity index (χ1v) is 9.86. The number of ketones is 1. The number of Topliss-reactive ketones (excluding diaryl/α,β-unsaturated/α-hetero) is 1. The van der Waals surface area contributed by atoms with Gasteiger partial charge in [0.05, 0.1) is 15.5 Å². The quantitative estimate of drug-likeness (QED) is 0.707. The van der Waals surface area contributed by atoms with Crippen LogP contribution in [0.5, 0.6) is 0 Å². The summed E-state index contributed by atoms with van der Waals surface area (Å²) in [5.41, 5.74) is 2.00. The Bertz CT molecular complexity index is 1090. The number of nitrogens with zero attached hydrogens (tertiary/aromatic N) is 1. The predicted octanol–water partition coefficient (Wildman–Crippen LogP) is 2.51. The third kappa shape index (κ3) is 4.11. The standard InChI is InChI=1S/C21H20N2O3S/c24-17(18-5-4-12-26-18)14-20-22-21(25)19(27-20)13-15-6-8-16(9-7-15)23-10-2-1-3-11-23/h4-9,12-14H,1-3,10-11H2,(H,22,25)/b19-13+,20-14+. The van der Waals surface area contributed by atoms with E-state index in [4.69, 9.17) is 4.42 Å². The van der Waals surface area contributed by atoms with Crippen LogP contribution in [0.3, 0.4) is 0 Å².